The number of ether oxygens (including phenoxy) is 1. The van der Waals surface area contributed by atoms with Crippen LogP contribution in [0.25, 0.3) is 0 Å². The lowest BCUT2D eigenvalue weighted by Gasteiger charge is -2.05. The highest BCUT2D eigenvalue weighted by Crippen LogP contribution is 2.23. The molecule has 4 heteroatoms. The smallest absolute Gasteiger partial charge is 0.193 e. The van der Waals surface area contributed by atoms with Gasteiger partial charge in [-0.15, -0.1) is 0 Å². The topological polar surface area (TPSA) is 52.3 Å². The molecule has 3 rings (SSSR count). The maximum absolute atomic E-state index is 13.1. The van der Waals surface area contributed by atoms with Crippen molar-refractivity contribution < 1.29 is 13.9 Å². The zero-order chi connectivity index (χ0) is 13.4. The van der Waals surface area contributed by atoms with E-state index in [0.717, 1.165) is 11.1 Å². The van der Waals surface area contributed by atoms with Crippen molar-refractivity contribution in [1.29, 1.82) is 0 Å². The highest BCUT2D eigenvalue weighted by Gasteiger charge is 2.16. The van der Waals surface area contributed by atoms with Crippen molar-refractivity contribution in [3.05, 3.63) is 64.5 Å². The van der Waals surface area contributed by atoms with Gasteiger partial charge in [0.2, 0.25) is 0 Å². The summed E-state index contributed by atoms with van der Waals surface area (Å²) in [6, 6.07) is 9.49. The van der Waals surface area contributed by atoms with E-state index in [0.29, 0.717) is 24.3 Å². The fourth-order valence-electron chi connectivity index (χ4n) is 2.16. The van der Waals surface area contributed by atoms with Gasteiger partial charge in [0.1, 0.15) is 5.82 Å². The first-order valence-corrected chi connectivity index (χ1v) is 5.94. The molecule has 0 bridgehead atoms. The minimum atomic E-state index is -0.515. The molecule has 1 aliphatic rings. The van der Waals surface area contributed by atoms with Gasteiger partial charge in [0.25, 0.3) is 0 Å². The molecule has 0 saturated carbocycles. The summed E-state index contributed by atoms with van der Waals surface area (Å²) in [5.74, 6) is -0.680. The van der Waals surface area contributed by atoms with Gasteiger partial charge in [-0.05, 0) is 35.4 Å². The minimum absolute atomic E-state index is 0.0182. The second-order valence-corrected chi connectivity index (χ2v) is 4.54. The first kappa shape index (κ1) is 11.9. The van der Waals surface area contributed by atoms with Crippen molar-refractivity contribution in [2.45, 2.75) is 13.2 Å². The molecule has 0 aromatic heterocycles. The molecule has 0 saturated heterocycles. The second-order valence-electron chi connectivity index (χ2n) is 4.54. The zero-order valence-electron chi connectivity index (χ0n) is 10.2. The summed E-state index contributed by atoms with van der Waals surface area (Å²) >= 11 is 0. The number of hydrogen-bond acceptors (Lipinski definition) is 3. The second kappa shape index (κ2) is 4.48. The number of nitrogen functional groups attached to an aromatic ring is 1. The molecule has 0 fully saturated rings. The van der Waals surface area contributed by atoms with Gasteiger partial charge in [-0.3, -0.25) is 4.79 Å². The number of carbonyl (C=O) groups excluding carboxylic acids is 1. The molecule has 2 aromatic rings. The third-order valence-corrected chi connectivity index (χ3v) is 3.24. The number of anilines is 1. The molecule has 0 spiro atoms. The molecule has 0 radical (unpaired) electrons. The van der Waals surface area contributed by atoms with Gasteiger partial charge < -0.3 is 10.5 Å². The quantitative estimate of drug-likeness (QED) is 0.664. The first-order valence-electron chi connectivity index (χ1n) is 5.94. The van der Waals surface area contributed by atoms with Crippen LogP contribution >= 0.6 is 0 Å². The number of carbonyl (C=O) groups is 1. The average molecular weight is 257 g/mol. The van der Waals surface area contributed by atoms with Crippen molar-refractivity contribution >= 4 is 11.5 Å². The van der Waals surface area contributed by atoms with E-state index < -0.39 is 5.82 Å². The van der Waals surface area contributed by atoms with E-state index in [-0.39, 0.29) is 11.5 Å². The molecule has 2 N–H and O–H groups in total. The van der Waals surface area contributed by atoms with Crippen molar-refractivity contribution in [2.24, 2.45) is 0 Å². The molecule has 2 aromatic carbocycles. The Morgan fingerprint density at radius 1 is 1.05 bits per heavy atom. The number of fused-ring (bicyclic) bond motifs is 1. The lowest BCUT2D eigenvalue weighted by atomic mass is 9.99. The van der Waals surface area contributed by atoms with Crippen LogP contribution in [0.5, 0.6) is 0 Å². The Labute approximate surface area is 109 Å². The predicted molar refractivity (Wildman–Crippen MR) is 69.2 cm³/mol. The predicted octanol–water partition coefficient (Wildman–Crippen LogP) is 2.67. The fraction of sp³-hybridized carbons (Fsp3) is 0.133. The van der Waals surface area contributed by atoms with Crippen LogP contribution in [-0.4, -0.2) is 5.78 Å². The van der Waals surface area contributed by atoms with Crippen LogP contribution in [0.2, 0.25) is 0 Å². The Balaban J connectivity index is 1.97. The molecule has 19 heavy (non-hydrogen) atoms. The van der Waals surface area contributed by atoms with Gasteiger partial charge >= 0.3 is 0 Å². The summed E-state index contributed by atoms with van der Waals surface area (Å²) in [4.78, 5) is 12.3. The van der Waals surface area contributed by atoms with E-state index in [4.69, 9.17) is 10.5 Å². The number of halogens is 1. The molecular weight excluding hydrogens is 245 g/mol. The Bertz CT molecular complexity index is 667. The van der Waals surface area contributed by atoms with E-state index in [9.17, 15) is 9.18 Å². The number of rotatable bonds is 2. The third kappa shape index (κ3) is 2.11. The van der Waals surface area contributed by atoms with Crippen LogP contribution in [0.3, 0.4) is 0 Å². The van der Waals surface area contributed by atoms with Gasteiger partial charge in [-0.2, -0.15) is 0 Å². The third-order valence-electron chi connectivity index (χ3n) is 3.24. The van der Waals surface area contributed by atoms with E-state index in [1.165, 1.54) is 18.2 Å². The highest BCUT2D eigenvalue weighted by atomic mass is 19.1. The first-order chi connectivity index (χ1) is 9.15. The molecule has 3 nitrogen and oxygen atoms in total. The van der Waals surface area contributed by atoms with Gasteiger partial charge in [-0.1, -0.05) is 12.1 Å². The molecule has 0 atom stereocenters. The summed E-state index contributed by atoms with van der Waals surface area (Å²) in [5, 5.41) is 0. The van der Waals surface area contributed by atoms with Crippen LogP contribution in [0.15, 0.2) is 36.4 Å². The summed E-state index contributed by atoms with van der Waals surface area (Å²) in [5.41, 5.74) is 8.55. The van der Waals surface area contributed by atoms with Gasteiger partial charge in [0, 0.05) is 11.1 Å². The summed E-state index contributed by atoms with van der Waals surface area (Å²) in [6.07, 6.45) is 0. The van der Waals surface area contributed by atoms with Gasteiger partial charge in [0.05, 0.1) is 18.9 Å². The standard InChI is InChI=1S/C15H12FNO2/c16-13-4-3-10(6-14(13)17)15(18)9-1-2-11-7-19-8-12(11)5-9/h1-6H,7-8,17H2. The van der Waals surface area contributed by atoms with Crippen LogP contribution in [0, 0.1) is 5.82 Å². The number of nitrogens with two attached hydrogens (primary N) is 1. The summed E-state index contributed by atoms with van der Waals surface area (Å²) in [6.45, 7) is 1.12. The molecular formula is C15H12FNO2. The van der Waals surface area contributed by atoms with Crippen molar-refractivity contribution in [2.75, 3.05) is 5.73 Å². The fourth-order valence-corrected chi connectivity index (χ4v) is 2.16. The van der Waals surface area contributed by atoms with Crippen LogP contribution in [0.4, 0.5) is 10.1 Å². The molecule has 96 valence electrons. The number of ketones is 1. The Morgan fingerprint density at radius 2 is 1.74 bits per heavy atom. The normalized spacial score (nSPS) is 13.3. The van der Waals surface area contributed by atoms with Crippen molar-refractivity contribution in [3.63, 3.8) is 0 Å². The van der Waals surface area contributed by atoms with Gasteiger partial charge in [0.15, 0.2) is 5.78 Å². The summed E-state index contributed by atoms with van der Waals surface area (Å²) < 4.78 is 18.4. The van der Waals surface area contributed by atoms with Crippen LogP contribution < -0.4 is 5.73 Å². The Hall–Kier alpha value is -2.20. The monoisotopic (exact) mass is 257 g/mol. The zero-order valence-corrected chi connectivity index (χ0v) is 10.2. The molecule has 0 unspecified atom stereocenters. The lowest BCUT2D eigenvalue weighted by Crippen LogP contribution is -2.04. The van der Waals surface area contributed by atoms with E-state index in [1.54, 1.807) is 6.07 Å². The minimum Gasteiger partial charge on any atom is -0.396 e. The van der Waals surface area contributed by atoms with E-state index >= 15 is 0 Å². The lowest BCUT2D eigenvalue weighted by molar-refractivity contribution is 0.103. The van der Waals surface area contributed by atoms with Crippen molar-refractivity contribution in [1.82, 2.24) is 0 Å². The molecule has 0 amide bonds. The summed E-state index contributed by atoms with van der Waals surface area (Å²) in [7, 11) is 0. The number of benzene rings is 2. The molecule has 1 aliphatic heterocycles. The van der Waals surface area contributed by atoms with E-state index in [2.05, 4.69) is 0 Å². The van der Waals surface area contributed by atoms with Gasteiger partial charge in [-0.25, -0.2) is 4.39 Å². The maximum atomic E-state index is 13.1. The van der Waals surface area contributed by atoms with Crippen LogP contribution in [0.1, 0.15) is 27.0 Å². The average Bonchev–Trinajstić information content (AvgIpc) is 2.88. The SMILES string of the molecule is Nc1cc(C(=O)c2ccc3c(c2)COC3)ccc1F. The number of hydrogen-bond donors (Lipinski definition) is 1. The van der Waals surface area contributed by atoms with E-state index in [1.807, 2.05) is 12.1 Å². The largest absolute Gasteiger partial charge is 0.396 e. The Kier molecular flexibility index (Phi) is 2.80. The highest BCUT2D eigenvalue weighted by molar-refractivity contribution is 6.09. The molecule has 1 heterocycles. The maximum Gasteiger partial charge on any atom is 0.193 e. The Morgan fingerprint density at radius 3 is 2.53 bits per heavy atom. The molecule has 0 aliphatic carbocycles. The van der Waals surface area contributed by atoms with Crippen LogP contribution in [-0.2, 0) is 18.0 Å². The van der Waals surface area contributed by atoms with Crippen molar-refractivity contribution in [3.8, 4) is 0 Å².